The van der Waals surface area contributed by atoms with Crippen LogP contribution < -0.4 is 10.1 Å². The van der Waals surface area contributed by atoms with Crippen molar-refractivity contribution >= 4 is 5.96 Å². The Kier molecular flexibility index (Phi) is 6.91. The summed E-state index contributed by atoms with van der Waals surface area (Å²) in [5.41, 5.74) is 1.85. The van der Waals surface area contributed by atoms with Gasteiger partial charge in [-0.05, 0) is 35.4 Å². The van der Waals surface area contributed by atoms with Crippen LogP contribution in [0.25, 0.3) is 0 Å². The monoisotopic (exact) mass is 363 g/mol. The third-order valence-corrected chi connectivity index (χ3v) is 3.94. The molecule has 0 aliphatic rings. The van der Waals surface area contributed by atoms with Gasteiger partial charge in [-0.15, -0.1) is 0 Å². The van der Waals surface area contributed by atoms with E-state index in [0.29, 0.717) is 19.0 Å². The van der Waals surface area contributed by atoms with E-state index in [9.17, 15) is 8.78 Å². The summed E-state index contributed by atoms with van der Waals surface area (Å²) in [4.78, 5) is 6.05. The Morgan fingerprint density at radius 2 is 1.88 bits per heavy atom. The van der Waals surface area contributed by atoms with Crippen LogP contribution >= 0.6 is 0 Å². The first-order chi connectivity index (χ1) is 12.5. The van der Waals surface area contributed by atoms with Gasteiger partial charge in [-0.1, -0.05) is 12.1 Å². The number of hydrogen-bond donors (Lipinski definition) is 2. The molecule has 0 fully saturated rings. The minimum Gasteiger partial charge on any atom is -0.494 e. The van der Waals surface area contributed by atoms with E-state index in [1.807, 2.05) is 11.9 Å². The maximum atomic E-state index is 13.8. The Morgan fingerprint density at radius 3 is 2.50 bits per heavy atom. The number of aliphatic imine (C=N–C) groups is 1. The predicted octanol–water partition coefficient (Wildman–Crippen LogP) is 2.67. The largest absolute Gasteiger partial charge is 0.494 e. The molecule has 140 valence electrons. The van der Waals surface area contributed by atoms with Crippen molar-refractivity contribution in [1.82, 2.24) is 10.2 Å². The molecule has 0 spiro atoms. The lowest BCUT2D eigenvalue weighted by atomic mass is 10.1. The number of nitrogens with zero attached hydrogens (tertiary/aromatic N) is 2. The first-order valence-corrected chi connectivity index (χ1v) is 8.10. The highest BCUT2D eigenvalue weighted by Gasteiger charge is 2.10. The summed E-state index contributed by atoms with van der Waals surface area (Å²) < 4.78 is 32.2. The highest BCUT2D eigenvalue weighted by molar-refractivity contribution is 5.79. The quantitative estimate of drug-likeness (QED) is 0.612. The molecule has 0 saturated heterocycles. The van der Waals surface area contributed by atoms with Gasteiger partial charge in [-0.2, -0.15) is 0 Å². The van der Waals surface area contributed by atoms with Crippen molar-refractivity contribution in [2.75, 3.05) is 21.2 Å². The van der Waals surface area contributed by atoms with Gasteiger partial charge < -0.3 is 20.1 Å². The summed E-state index contributed by atoms with van der Waals surface area (Å²) in [5, 5.41) is 12.3. The van der Waals surface area contributed by atoms with Crippen LogP contribution in [-0.4, -0.2) is 37.2 Å². The van der Waals surface area contributed by atoms with Gasteiger partial charge >= 0.3 is 0 Å². The average Bonchev–Trinajstić information content (AvgIpc) is 2.63. The Hall–Kier alpha value is -2.67. The molecule has 7 heteroatoms. The summed E-state index contributed by atoms with van der Waals surface area (Å²) in [6.07, 6.45) is 0. The van der Waals surface area contributed by atoms with Crippen molar-refractivity contribution in [2.45, 2.75) is 19.7 Å². The van der Waals surface area contributed by atoms with Crippen molar-refractivity contribution < 1.29 is 18.6 Å². The standard InChI is InChI=1S/C19H23F2N3O2/c1-22-19(23-10-13-4-6-16(20)15(8-13)12-25)24(2)11-14-5-7-18(26-3)17(21)9-14/h4-9,25H,10-12H2,1-3H3,(H,22,23). The van der Waals surface area contributed by atoms with Gasteiger partial charge in [0, 0.05) is 32.7 Å². The minimum atomic E-state index is -0.431. The van der Waals surface area contributed by atoms with Crippen LogP contribution in [0.15, 0.2) is 41.4 Å². The van der Waals surface area contributed by atoms with Gasteiger partial charge in [0.2, 0.25) is 0 Å². The molecule has 2 rings (SSSR count). The molecule has 5 nitrogen and oxygen atoms in total. The fraction of sp³-hybridized carbons (Fsp3) is 0.316. The Bertz CT molecular complexity index is 781. The molecule has 0 aliphatic carbocycles. The molecular weight excluding hydrogens is 340 g/mol. The molecular formula is C19H23F2N3O2. The number of guanidine groups is 1. The number of aliphatic hydroxyl groups excluding tert-OH is 1. The van der Waals surface area contributed by atoms with Crippen LogP contribution in [0.3, 0.4) is 0 Å². The lowest BCUT2D eigenvalue weighted by molar-refractivity contribution is 0.275. The van der Waals surface area contributed by atoms with Crippen molar-refractivity contribution in [3.8, 4) is 5.75 Å². The van der Waals surface area contributed by atoms with Crippen molar-refractivity contribution in [3.05, 3.63) is 64.7 Å². The molecule has 26 heavy (non-hydrogen) atoms. The number of ether oxygens (including phenoxy) is 1. The lowest BCUT2D eigenvalue weighted by Gasteiger charge is -2.22. The zero-order valence-corrected chi connectivity index (χ0v) is 15.1. The fourth-order valence-electron chi connectivity index (χ4n) is 2.58. The molecule has 0 aromatic heterocycles. The smallest absolute Gasteiger partial charge is 0.193 e. The zero-order valence-electron chi connectivity index (χ0n) is 15.1. The summed E-state index contributed by atoms with van der Waals surface area (Å²) >= 11 is 0. The van der Waals surface area contributed by atoms with Crippen LogP contribution in [0.2, 0.25) is 0 Å². The maximum absolute atomic E-state index is 13.8. The number of nitrogens with one attached hydrogen (secondary N) is 1. The number of hydrogen-bond acceptors (Lipinski definition) is 3. The third-order valence-electron chi connectivity index (χ3n) is 3.94. The van der Waals surface area contributed by atoms with Gasteiger partial charge in [0.15, 0.2) is 17.5 Å². The highest BCUT2D eigenvalue weighted by Crippen LogP contribution is 2.18. The van der Waals surface area contributed by atoms with Crippen LogP contribution in [-0.2, 0) is 19.7 Å². The average molecular weight is 363 g/mol. The second-order valence-electron chi connectivity index (χ2n) is 5.81. The number of aliphatic hydroxyl groups is 1. The number of methoxy groups -OCH3 is 1. The highest BCUT2D eigenvalue weighted by atomic mass is 19.1. The molecule has 2 aromatic rings. The van der Waals surface area contributed by atoms with Crippen LogP contribution in [0.4, 0.5) is 8.78 Å². The topological polar surface area (TPSA) is 57.1 Å². The SMILES string of the molecule is CN=C(NCc1ccc(F)c(CO)c1)N(C)Cc1ccc(OC)c(F)c1. The molecule has 2 N–H and O–H groups in total. The van der Waals surface area contributed by atoms with E-state index in [2.05, 4.69) is 10.3 Å². The van der Waals surface area contributed by atoms with Gasteiger partial charge in [-0.25, -0.2) is 8.78 Å². The Labute approximate surface area is 151 Å². The minimum absolute atomic E-state index is 0.204. The van der Waals surface area contributed by atoms with Gasteiger partial charge in [-0.3, -0.25) is 4.99 Å². The van der Waals surface area contributed by atoms with E-state index in [1.165, 1.54) is 19.2 Å². The summed E-state index contributed by atoms with van der Waals surface area (Å²) in [7, 11) is 4.91. The molecule has 0 amide bonds. The van der Waals surface area contributed by atoms with Crippen LogP contribution in [0, 0.1) is 11.6 Å². The first-order valence-electron chi connectivity index (χ1n) is 8.10. The normalized spacial score (nSPS) is 11.4. The Morgan fingerprint density at radius 1 is 1.15 bits per heavy atom. The lowest BCUT2D eigenvalue weighted by Crippen LogP contribution is -2.38. The molecule has 0 bridgehead atoms. The summed E-state index contributed by atoms with van der Waals surface area (Å²) in [6, 6.07) is 9.39. The van der Waals surface area contributed by atoms with Crippen LogP contribution in [0.5, 0.6) is 5.75 Å². The molecule has 2 aromatic carbocycles. The summed E-state index contributed by atoms with van der Waals surface area (Å²) in [6.45, 7) is 0.518. The van der Waals surface area contributed by atoms with Crippen molar-refractivity contribution in [2.24, 2.45) is 4.99 Å². The molecule has 0 saturated carbocycles. The van der Waals surface area contributed by atoms with E-state index in [0.717, 1.165) is 11.1 Å². The fourth-order valence-corrected chi connectivity index (χ4v) is 2.58. The van der Waals surface area contributed by atoms with Crippen molar-refractivity contribution in [1.29, 1.82) is 0 Å². The molecule has 0 atom stereocenters. The van der Waals surface area contributed by atoms with E-state index in [4.69, 9.17) is 9.84 Å². The molecule has 0 heterocycles. The molecule has 0 unspecified atom stereocenters. The second kappa shape index (κ2) is 9.15. The number of benzene rings is 2. The maximum Gasteiger partial charge on any atom is 0.193 e. The number of halogens is 2. The number of rotatable bonds is 6. The predicted molar refractivity (Wildman–Crippen MR) is 96.9 cm³/mol. The van der Waals surface area contributed by atoms with Crippen LogP contribution in [0.1, 0.15) is 16.7 Å². The zero-order chi connectivity index (χ0) is 19.1. The molecule has 0 radical (unpaired) electrons. The van der Waals surface area contributed by atoms with E-state index in [1.54, 1.807) is 31.3 Å². The van der Waals surface area contributed by atoms with E-state index < -0.39 is 11.6 Å². The third kappa shape index (κ3) is 4.92. The van der Waals surface area contributed by atoms with E-state index in [-0.39, 0.29) is 17.9 Å². The molecule has 0 aliphatic heterocycles. The second-order valence-corrected chi connectivity index (χ2v) is 5.81. The summed E-state index contributed by atoms with van der Waals surface area (Å²) in [5.74, 6) is -0.0329. The van der Waals surface area contributed by atoms with Crippen molar-refractivity contribution in [3.63, 3.8) is 0 Å². The van der Waals surface area contributed by atoms with E-state index >= 15 is 0 Å². The van der Waals surface area contributed by atoms with Gasteiger partial charge in [0.25, 0.3) is 0 Å². The first kappa shape index (κ1) is 19.7. The van der Waals surface area contributed by atoms with Gasteiger partial charge in [0.05, 0.1) is 13.7 Å². The van der Waals surface area contributed by atoms with Gasteiger partial charge in [0.1, 0.15) is 5.82 Å². The Balaban J connectivity index is 2.00.